The van der Waals surface area contributed by atoms with Gasteiger partial charge in [-0.3, -0.25) is 9.59 Å². The number of amides is 3. The molecule has 0 aliphatic heterocycles. The van der Waals surface area contributed by atoms with E-state index in [1.54, 1.807) is 42.5 Å². The first-order chi connectivity index (χ1) is 12.8. The standard InChI is InChI=1S/C20H23N3O4/c1-13(2)21-20(27)23-17-8-4-6-15(12-17)19(26)22-16-7-3-5-14(11-16)9-10-18(24)25/h3-8,11-13H,9-10H2,1-2H3,(H,22,26)(H,24,25)(H2,21,23,27). The zero-order valence-corrected chi connectivity index (χ0v) is 15.3. The maximum atomic E-state index is 12.5. The van der Waals surface area contributed by atoms with E-state index in [0.717, 1.165) is 5.56 Å². The zero-order chi connectivity index (χ0) is 19.8. The quantitative estimate of drug-likeness (QED) is 0.599. The van der Waals surface area contributed by atoms with Gasteiger partial charge in [-0.2, -0.15) is 0 Å². The summed E-state index contributed by atoms with van der Waals surface area (Å²) in [5, 5.41) is 17.0. The number of anilines is 2. The summed E-state index contributed by atoms with van der Waals surface area (Å²) >= 11 is 0. The van der Waals surface area contributed by atoms with Gasteiger partial charge in [0, 0.05) is 29.4 Å². The Morgan fingerprint density at radius 1 is 0.963 bits per heavy atom. The van der Waals surface area contributed by atoms with Gasteiger partial charge in [0.2, 0.25) is 0 Å². The summed E-state index contributed by atoms with van der Waals surface area (Å²) in [6.07, 6.45) is 0.424. The van der Waals surface area contributed by atoms with E-state index in [-0.39, 0.29) is 24.4 Å². The molecule has 2 rings (SSSR count). The van der Waals surface area contributed by atoms with Crippen LogP contribution in [0.5, 0.6) is 0 Å². The van der Waals surface area contributed by atoms with Crippen LogP contribution in [-0.4, -0.2) is 29.1 Å². The Kier molecular flexibility index (Phi) is 6.93. The molecule has 27 heavy (non-hydrogen) atoms. The van der Waals surface area contributed by atoms with Crippen LogP contribution < -0.4 is 16.0 Å². The maximum Gasteiger partial charge on any atom is 0.319 e. The molecule has 0 unspecified atom stereocenters. The van der Waals surface area contributed by atoms with E-state index in [9.17, 15) is 14.4 Å². The molecular weight excluding hydrogens is 346 g/mol. The van der Waals surface area contributed by atoms with Gasteiger partial charge in [-0.25, -0.2) is 4.79 Å². The number of urea groups is 1. The van der Waals surface area contributed by atoms with Crippen LogP contribution in [0.2, 0.25) is 0 Å². The van der Waals surface area contributed by atoms with Crippen molar-refractivity contribution in [1.29, 1.82) is 0 Å². The highest BCUT2D eigenvalue weighted by Gasteiger charge is 2.09. The van der Waals surface area contributed by atoms with Crippen molar-refractivity contribution < 1.29 is 19.5 Å². The lowest BCUT2D eigenvalue weighted by Gasteiger charge is -2.11. The van der Waals surface area contributed by atoms with Gasteiger partial charge in [0.15, 0.2) is 0 Å². The molecule has 7 heteroatoms. The van der Waals surface area contributed by atoms with Crippen LogP contribution in [0.1, 0.15) is 36.2 Å². The van der Waals surface area contributed by atoms with E-state index in [4.69, 9.17) is 5.11 Å². The Hall–Kier alpha value is -3.35. The van der Waals surface area contributed by atoms with E-state index in [2.05, 4.69) is 16.0 Å². The largest absolute Gasteiger partial charge is 0.481 e. The predicted molar refractivity (Wildman–Crippen MR) is 104 cm³/mol. The van der Waals surface area contributed by atoms with Crippen molar-refractivity contribution in [1.82, 2.24) is 5.32 Å². The van der Waals surface area contributed by atoms with Crippen LogP contribution in [0.15, 0.2) is 48.5 Å². The molecule has 0 saturated heterocycles. The van der Waals surface area contributed by atoms with Crippen LogP contribution in [0.3, 0.4) is 0 Å². The number of benzene rings is 2. The molecule has 0 aliphatic carbocycles. The summed E-state index contributed by atoms with van der Waals surface area (Å²) in [6.45, 7) is 3.71. The Balaban J connectivity index is 2.03. The molecule has 142 valence electrons. The fourth-order valence-electron chi connectivity index (χ4n) is 2.43. The minimum absolute atomic E-state index is 0.00452. The van der Waals surface area contributed by atoms with E-state index in [1.807, 2.05) is 19.9 Å². The summed E-state index contributed by atoms with van der Waals surface area (Å²) in [5.74, 6) is -1.19. The van der Waals surface area contributed by atoms with Crippen molar-refractivity contribution in [2.24, 2.45) is 0 Å². The number of aliphatic carboxylic acids is 1. The fourth-order valence-corrected chi connectivity index (χ4v) is 2.43. The Bertz CT molecular complexity index is 833. The van der Waals surface area contributed by atoms with Crippen LogP contribution in [-0.2, 0) is 11.2 Å². The molecule has 0 heterocycles. The third kappa shape index (κ3) is 6.81. The van der Waals surface area contributed by atoms with Crippen molar-refractivity contribution in [2.75, 3.05) is 10.6 Å². The average molecular weight is 369 g/mol. The first-order valence-corrected chi connectivity index (χ1v) is 8.63. The van der Waals surface area contributed by atoms with Crippen molar-refractivity contribution in [3.05, 3.63) is 59.7 Å². The summed E-state index contributed by atoms with van der Waals surface area (Å²) in [6, 6.07) is 13.3. The molecule has 2 aromatic rings. The van der Waals surface area contributed by atoms with Crippen LogP contribution in [0.4, 0.5) is 16.2 Å². The lowest BCUT2D eigenvalue weighted by molar-refractivity contribution is -0.136. The normalized spacial score (nSPS) is 10.3. The average Bonchev–Trinajstić information content (AvgIpc) is 2.59. The number of aryl methyl sites for hydroxylation is 1. The Morgan fingerprint density at radius 2 is 1.63 bits per heavy atom. The second-order valence-electron chi connectivity index (χ2n) is 6.38. The zero-order valence-electron chi connectivity index (χ0n) is 15.3. The minimum atomic E-state index is -0.866. The molecule has 0 spiro atoms. The van der Waals surface area contributed by atoms with E-state index in [1.165, 1.54) is 0 Å². The number of hydrogen-bond acceptors (Lipinski definition) is 3. The summed E-state index contributed by atoms with van der Waals surface area (Å²) in [5.41, 5.74) is 2.32. The number of nitrogens with one attached hydrogen (secondary N) is 3. The van der Waals surface area contributed by atoms with Gasteiger partial charge in [-0.15, -0.1) is 0 Å². The Labute approximate surface area is 157 Å². The summed E-state index contributed by atoms with van der Waals surface area (Å²) in [7, 11) is 0. The van der Waals surface area contributed by atoms with Crippen LogP contribution in [0.25, 0.3) is 0 Å². The maximum absolute atomic E-state index is 12.5. The number of rotatable bonds is 7. The van der Waals surface area contributed by atoms with E-state index >= 15 is 0 Å². The van der Waals surface area contributed by atoms with Crippen LogP contribution in [0, 0.1) is 0 Å². The smallest absolute Gasteiger partial charge is 0.319 e. The first kappa shape index (κ1) is 20.0. The molecule has 0 fully saturated rings. The van der Waals surface area contributed by atoms with Gasteiger partial charge in [0.05, 0.1) is 0 Å². The van der Waals surface area contributed by atoms with Gasteiger partial charge < -0.3 is 21.1 Å². The molecule has 3 amide bonds. The molecule has 2 aromatic carbocycles. The molecular formula is C20H23N3O4. The highest BCUT2D eigenvalue weighted by molar-refractivity contribution is 6.05. The lowest BCUT2D eigenvalue weighted by Crippen LogP contribution is -2.34. The molecule has 4 N–H and O–H groups in total. The SMILES string of the molecule is CC(C)NC(=O)Nc1cccc(C(=O)Nc2cccc(CCC(=O)O)c2)c1. The number of carbonyl (C=O) groups excluding carboxylic acids is 2. The fraction of sp³-hybridized carbons (Fsp3) is 0.250. The highest BCUT2D eigenvalue weighted by Crippen LogP contribution is 2.16. The monoisotopic (exact) mass is 369 g/mol. The van der Waals surface area contributed by atoms with Crippen LogP contribution >= 0.6 is 0 Å². The third-order valence-electron chi connectivity index (χ3n) is 3.61. The summed E-state index contributed by atoms with van der Waals surface area (Å²) < 4.78 is 0. The van der Waals surface area contributed by atoms with Gasteiger partial charge >= 0.3 is 12.0 Å². The van der Waals surface area contributed by atoms with E-state index in [0.29, 0.717) is 23.4 Å². The second kappa shape index (κ2) is 9.38. The molecule has 0 aromatic heterocycles. The molecule has 0 atom stereocenters. The molecule has 0 saturated carbocycles. The second-order valence-corrected chi connectivity index (χ2v) is 6.38. The van der Waals surface area contributed by atoms with Crippen molar-refractivity contribution in [2.45, 2.75) is 32.7 Å². The third-order valence-corrected chi connectivity index (χ3v) is 3.61. The van der Waals surface area contributed by atoms with Crippen molar-refractivity contribution >= 4 is 29.3 Å². The molecule has 0 aliphatic rings. The Morgan fingerprint density at radius 3 is 2.30 bits per heavy atom. The minimum Gasteiger partial charge on any atom is -0.481 e. The topological polar surface area (TPSA) is 108 Å². The van der Waals surface area contributed by atoms with E-state index < -0.39 is 5.97 Å². The molecule has 7 nitrogen and oxygen atoms in total. The van der Waals surface area contributed by atoms with Crippen molar-refractivity contribution in [3.63, 3.8) is 0 Å². The number of carbonyl (C=O) groups is 3. The summed E-state index contributed by atoms with van der Waals surface area (Å²) in [4.78, 5) is 34.9. The molecule has 0 bridgehead atoms. The van der Waals surface area contributed by atoms with Gasteiger partial charge in [-0.05, 0) is 56.2 Å². The first-order valence-electron chi connectivity index (χ1n) is 8.63. The van der Waals surface area contributed by atoms with Crippen molar-refractivity contribution in [3.8, 4) is 0 Å². The molecule has 0 radical (unpaired) electrons. The lowest BCUT2D eigenvalue weighted by atomic mass is 10.1. The number of hydrogen-bond donors (Lipinski definition) is 4. The number of carboxylic acids is 1. The number of carboxylic acid groups (broad SMARTS) is 1. The highest BCUT2D eigenvalue weighted by atomic mass is 16.4. The van der Waals surface area contributed by atoms with Gasteiger partial charge in [0.25, 0.3) is 5.91 Å². The van der Waals surface area contributed by atoms with Gasteiger partial charge in [0.1, 0.15) is 0 Å². The van der Waals surface area contributed by atoms with Gasteiger partial charge in [-0.1, -0.05) is 18.2 Å². The predicted octanol–water partition coefficient (Wildman–Crippen LogP) is 3.49.